The van der Waals surface area contributed by atoms with Crippen molar-refractivity contribution in [1.29, 1.82) is 0 Å². The first-order chi connectivity index (χ1) is 13.5. The first-order valence-electron chi connectivity index (χ1n) is 9.98. The predicted octanol–water partition coefficient (Wildman–Crippen LogP) is 4.85. The Hall–Kier alpha value is -2.34. The van der Waals surface area contributed by atoms with Gasteiger partial charge in [0.25, 0.3) is 5.88 Å². The molecule has 4 rings (SSSR count). The van der Waals surface area contributed by atoms with Gasteiger partial charge in [-0.1, -0.05) is 21.8 Å². The molecule has 2 aliphatic rings. The van der Waals surface area contributed by atoms with Gasteiger partial charge in [0, 0.05) is 24.3 Å². The van der Waals surface area contributed by atoms with Crippen LogP contribution in [0.3, 0.4) is 0 Å². The van der Waals surface area contributed by atoms with Crippen LogP contribution in [-0.4, -0.2) is 48.3 Å². The molecule has 0 aromatic carbocycles. The number of aromatic nitrogens is 2. The van der Waals surface area contributed by atoms with E-state index >= 15 is 0 Å². The van der Waals surface area contributed by atoms with E-state index in [1.165, 1.54) is 5.56 Å². The minimum Gasteiger partial charge on any atom is -0.484 e. The summed E-state index contributed by atoms with van der Waals surface area (Å²) < 4.78 is 16.6. The molecule has 0 aliphatic carbocycles. The van der Waals surface area contributed by atoms with Gasteiger partial charge < -0.3 is 14.2 Å². The van der Waals surface area contributed by atoms with E-state index in [2.05, 4.69) is 41.9 Å². The lowest BCUT2D eigenvalue weighted by molar-refractivity contribution is 0.161. The molecule has 2 aromatic heterocycles. The maximum Gasteiger partial charge on any atom is 0.257 e. The van der Waals surface area contributed by atoms with E-state index in [9.17, 15) is 0 Å². The highest BCUT2D eigenvalue weighted by Gasteiger charge is 2.36. The molecule has 0 N–H and O–H groups in total. The second-order valence-corrected chi connectivity index (χ2v) is 8.28. The van der Waals surface area contributed by atoms with Crippen LogP contribution in [0.2, 0.25) is 0 Å². The standard InChI is InChI=1S/C22H29N3O3.2CH4/c1-15-11-17(12-20(23-15)26-4)13-22(3)7-8-25(14-22)16(2)18-5-6-19-21(24-18)28-10-9-27-19;;/h5-6,11-12,16H,7-10,13-14H2,1-4H3;2*1H4/t16-,22+;;/m1../s1. The van der Waals surface area contributed by atoms with Gasteiger partial charge in [0.2, 0.25) is 5.88 Å². The zero-order valence-electron chi connectivity index (χ0n) is 17.2. The quantitative estimate of drug-likeness (QED) is 0.696. The molecule has 30 heavy (non-hydrogen) atoms. The fraction of sp³-hybridized carbons (Fsp3) is 0.583. The highest BCUT2D eigenvalue weighted by molar-refractivity contribution is 5.36. The number of hydrogen-bond donors (Lipinski definition) is 0. The number of rotatable bonds is 5. The van der Waals surface area contributed by atoms with Crippen molar-refractivity contribution >= 4 is 0 Å². The fourth-order valence-corrected chi connectivity index (χ4v) is 4.31. The molecule has 0 radical (unpaired) electrons. The van der Waals surface area contributed by atoms with Gasteiger partial charge >= 0.3 is 0 Å². The Bertz CT molecular complexity index is 858. The molecule has 0 amide bonds. The molecule has 0 unspecified atom stereocenters. The number of nitrogens with zero attached hydrogens (tertiary/aromatic N) is 3. The van der Waals surface area contributed by atoms with Crippen molar-refractivity contribution in [1.82, 2.24) is 14.9 Å². The summed E-state index contributed by atoms with van der Waals surface area (Å²) >= 11 is 0. The van der Waals surface area contributed by atoms with Gasteiger partial charge in [-0.05, 0) is 62.4 Å². The Labute approximate surface area is 181 Å². The molecule has 166 valence electrons. The van der Waals surface area contributed by atoms with Crippen LogP contribution in [0.1, 0.15) is 58.1 Å². The molecule has 6 nitrogen and oxygen atoms in total. The summed E-state index contributed by atoms with van der Waals surface area (Å²) in [5.41, 5.74) is 3.55. The van der Waals surface area contributed by atoms with Crippen molar-refractivity contribution in [2.24, 2.45) is 5.41 Å². The molecule has 2 aliphatic heterocycles. The predicted molar refractivity (Wildman–Crippen MR) is 121 cm³/mol. The Kier molecular flexibility index (Phi) is 7.70. The van der Waals surface area contributed by atoms with Crippen molar-refractivity contribution in [3.8, 4) is 17.5 Å². The molecule has 4 heterocycles. The summed E-state index contributed by atoms with van der Waals surface area (Å²) in [7, 11) is 1.67. The van der Waals surface area contributed by atoms with Gasteiger partial charge in [0.15, 0.2) is 5.75 Å². The minimum absolute atomic E-state index is 0. The number of pyridine rings is 2. The lowest BCUT2D eigenvalue weighted by atomic mass is 9.83. The Morgan fingerprint density at radius 2 is 1.93 bits per heavy atom. The van der Waals surface area contributed by atoms with E-state index < -0.39 is 0 Å². The van der Waals surface area contributed by atoms with E-state index in [-0.39, 0.29) is 26.3 Å². The molecule has 1 saturated heterocycles. The maximum atomic E-state index is 5.66. The van der Waals surface area contributed by atoms with Gasteiger partial charge in [0.1, 0.15) is 13.2 Å². The molecule has 0 spiro atoms. The Balaban J connectivity index is 0.00000160. The number of hydrogen-bond acceptors (Lipinski definition) is 6. The second kappa shape index (κ2) is 9.65. The minimum atomic E-state index is 0. The van der Waals surface area contributed by atoms with Crippen molar-refractivity contribution in [2.75, 3.05) is 33.4 Å². The van der Waals surface area contributed by atoms with Crippen LogP contribution >= 0.6 is 0 Å². The molecule has 6 heteroatoms. The molecular weight excluding hydrogens is 378 g/mol. The van der Waals surface area contributed by atoms with Crippen LogP contribution in [0.25, 0.3) is 0 Å². The second-order valence-electron chi connectivity index (χ2n) is 8.28. The number of aryl methyl sites for hydroxylation is 1. The number of methoxy groups -OCH3 is 1. The van der Waals surface area contributed by atoms with Crippen molar-refractivity contribution in [2.45, 2.75) is 54.5 Å². The van der Waals surface area contributed by atoms with Crippen LogP contribution in [0.5, 0.6) is 17.5 Å². The SMILES string of the molecule is C.C.COc1cc(C[C@]2(C)CCN([C@H](C)c3ccc4c(n3)OCCO4)C2)cc(C)n1. The van der Waals surface area contributed by atoms with Gasteiger partial charge in [-0.3, -0.25) is 4.90 Å². The van der Waals surface area contributed by atoms with Crippen molar-refractivity contribution < 1.29 is 14.2 Å². The largest absolute Gasteiger partial charge is 0.484 e. The van der Waals surface area contributed by atoms with E-state index in [4.69, 9.17) is 19.2 Å². The van der Waals surface area contributed by atoms with Crippen LogP contribution < -0.4 is 14.2 Å². The Morgan fingerprint density at radius 1 is 1.17 bits per heavy atom. The van der Waals surface area contributed by atoms with Crippen LogP contribution in [0, 0.1) is 12.3 Å². The molecule has 2 aromatic rings. The molecule has 0 saturated carbocycles. The lowest BCUT2D eigenvalue weighted by Crippen LogP contribution is -2.29. The number of likely N-dealkylation sites (tertiary alicyclic amines) is 1. The van der Waals surface area contributed by atoms with Gasteiger partial charge in [0.05, 0.1) is 12.8 Å². The molecule has 1 fully saturated rings. The van der Waals surface area contributed by atoms with Gasteiger partial charge in [-0.2, -0.15) is 0 Å². The lowest BCUT2D eigenvalue weighted by Gasteiger charge is -2.29. The monoisotopic (exact) mass is 415 g/mol. The summed E-state index contributed by atoms with van der Waals surface area (Å²) in [4.78, 5) is 11.6. The first kappa shape index (κ1) is 23.9. The zero-order valence-corrected chi connectivity index (χ0v) is 17.2. The van der Waals surface area contributed by atoms with Crippen molar-refractivity contribution in [3.63, 3.8) is 0 Å². The van der Waals surface area contributed by atoms with Crippen LogP contribution in [-0.2, 0) is 6.42 Å². The summed E-state index contributed by atoms with van der Waals surface area (Å²) in [6.45, 7) is 9.87. The summed E-state index contributed by atoms with van der Waals surface area (Å²) in [6, 6.07) is 8.51. The highest BCUT2D eigenvalue weighted by atomic mass is 16.6. The average molecular weight is 416 g/mol. The fourth-order valence-electron chi connectivity index (χ4n) is 4.31. The molecule has 2 atom stereocenters. The molecular formula is C24H37N3O3. The third-order valence-corrected chi connectivity index (χ3v) is 5.82. The maximum absolute atomic E-state index is 5.66. The zero-order chi connectivity index (χ0) is 19.7. The van der Waals surface area contributed by atoms with E-state index in [1.807, 2.05) is 13.0 Å². The average Bonchev–Trinajstić information content (AvgIpc) is 3.08. The number of fused-ring (bicyclic) bond motifs is 1. The topological polar surface area (TPSA) is 56.7 Å². The summed E-state index contributed by atoms with van der Waals surface area (Å²) in [6.07, 6.45) is 2.18. The summed E-state index contributed by atoms with van der Waals surface area (Å²) in [5.74, 6) is 2.06. The van der Waals surface area contributed by atoms with Crippen molar-refractivity contribution in [3.05, 3.63) is 41.2 Å². The third-order valence-electron chi connectivity index (χ3n) is 5.82. The first-order valence-corrected chi connectivity index (χ1v) is 9.98. The number of ether oxygens (including phenoxy) is 3. The summed E-state index contributed by atoms with van der Waals surface area (Å²) in [5, 5.41) is 0. The third kappa shape index (κ3) is 5.04. The van der Waals surface area contributed by atoms with E-state index in [0.29, 0.717) is 25.0 Å². The van der Waals surface area contributed by atoms with Gasteiger partial charge in [-0.25, -0.2) is 9.97 Å². The molecule has 0 bridgehead atoms. The smallest absolute Gasteiger partial charge is 0.257 e. The van der Waals surface area contributed by atoms with E-state index in [1.54, 1.807) is 7.11 Å². The van der Waals surface area contributed by atoms with Gasteiger partial charge in [-0.15, -0.1) is 0 Å². The van der Waals surface area contributed by atoms with Crippen LogP contribution in [0.15, 0.2) is 24.3 Å². The Morgan fingerprint density at radius 3 is 2.70 bits per heavy atom. The normalized spacial score (nSPS) is 21.3. The van der Waals surface area contributed by atoms with Crippen LogP contribution in [0.4, 0.5) is 0 Å². The van der Waals surface area contributed by atoms with E-state index in [0.717, 1.165) is 43.1 Å². The highest BCUT2D eigenvalue weighted by Crippen LogP contribution is 2.39.